The number of allylic oxidation sites excluding steroid dienone is 1. The lowest BCUT2D eigenvalue weighted by Crippen LogP contribution is -2.24. The van der Waals surface area contributed by atoms with Gasteiger partial charge in [-0.15, -0.1) is 0 Å². The Morgan fingerprint density at radius 3 is 2.44 bits per heavy atom. The molecule has 2 heterocycles. The molecule has 0 spiro atoms. The zero-order valence-corrected chi connectivity index (χ0v) is 16.4. The van der Waals surface area contributed by atoms with Gasteiger partial charge in [0.2, 0.25) is 0 Å². The summed E-state index contributed by atoms with van der Waals surface area (Å²) in [5.41, 5.74) is 1.75. The van der Waals surface area contributed by atoms with Crippen molar-refractivity contribution in [2.45, 2.75) is 46.6 Å². The molecule has 1 aliphatic heterocycles. The van der Waals surface area contributed by atoms with Gasteiger partial charge in [-0.05, 0) is 46.2 Å². The second-order valence-corrected chi connectivity index (χ2v) is 8.44. The third kappa shape index (κ3) is 4.30. The van der Waals surface area contributed by atoms with Gasteiger partial charge in [0.15, 0.2) is 0 Å². The van der Waals surface area contributed by atoms with Crippen molar-refractivity contribution in [3.63, 3.8) is 0 Å². The van der Waals surface area contributed by atoms with E-state index in [0.717, 1.165) is 11.1 Å². The molecule has 0 aliphatic carbocycles. The van der Waals surface area contributed by atoms with Gasteiger partial charge in [0.1, 0.15) is 17.1 Å². The van der Waals surface area contributed by atoms with E-state index in [0.29, 0.717) is 23.6 Å². The number of aromatic amines is 1. The minimum atomic E-state index is -0.585. The normalized spacial score (nSPS) is 17.8. The van der Waals surface area contributed by atoms with Crippen LogP contribution in [-0.4, -0.2) is 22.5 Å². The molecule has 1 N–H and O–H groups in total. The molecule has 0 bridgehead atoms. The first-order chi connectivity index (χ1) is 12.5. The molecule has 5 heteroatoms. The number of carbonyl (C=O) groups is 2. The molecular formula is C22H25NO4. The maximum absolute atomic E-state index is 12.5. The standard InChI is InChI=1S/C22H25NO4/c1-21(2,3)27-19(24)18-12-16(14-9-7-6-8-10-14)17(23-18)11-15-13-22(4,5)20(25)26-15/h6-12,23H,13H2,1-5H3/b15-11+. The summed E-state index contributed by atoms with van der Waals surface area (Å²) >= 11 is 0. The summed E-state index contributed by atoms with van der Waals surface area (Å²) < 4.78 is 10.9. The molecule has 1 aromatic heterocycles. The van der Waals surface area contributed by atoms with Gasteiger partial charge >= 0.3 is 11.9 Å². The number of cyclic esters (lactones) is 1. The van der Waals surface area contributed by atoms with Crippen LogP contribution in [0.4, 0.5) is 0 Å². The van der Waals surface area contributed by atoms with Crippen LogP contribution >= 0.6 is 0 Å². The van der Waals surface area contributed by atoms with E-state index in [1.165, 1.54) is 0 Å². The second kappa shape index (κ2) is 6.72. The minimum absolute atomic E-state index is 0.242. The van der Waals surface area contributed by atoms with Crippen molar-refractivity contribution >= 4 is 18.0 Å². The number of H-pyrrole nitrogens is 1. The highest BCUT2D eigenvalue weighted by Crippen LogP contribution is 2.37. The molecule has 1 aliphatic rings. The fraction of sp³-hybridized carbons (Fsp3) is 0.364. The highest BCUT2D eigenvalue weighted by molar-refractivity contribution is 5.92. The Morgan fingerprint density at radius 2 is 1.89 bits per heavy atom. The van der Waals surface area contributed by atoms with Gasteiger partial charge < -0.3 is 14.5 Å². The number of hydrogen-bond acceptors (Lipinski definition) is 4. The summed E-state index contributed by atoms with van der Waals surface area (Å²) in [5, 5.41) is 0. The van der Waals surface area contributed by atoms with E-state index in [2.05, 4.69) is 4.98 Å². The molecule has 1 aromatic carbocycles. The highest BCUT2D eigenvalue weighted by atomic mass is 16.6. The summed E-state index contributed by atoms with van der Waals surface area (Å²) in [6, 6.07) is 11.5. The number of carbonyl (C=O) groups excluding carboxylic acids is 2. The van der Waals surface area contributed by atoms with Crippen molar-refractivity contribution in [3.8, 4) is 11.1 Å². The quantitative estimate of drug-likeness (QED) is 0.779. The van der Waals surface area contributed by atoms with E-state index >= 15 is 0 Å². The predicted octanol–water partition coefficient (Wildman–Crippen LogP) is 4.95. The summed E-state index contributed by atoms with van der Waals surface area (Å²) in [4.78, 5) is 27.6. The van der Waals surface area contributed by atoms with Crippen LogP contribution in [0.3, 0.4) is 0 Å². The number of benzene rings is 1. The average molecular weight is 367 g/mol. The van der Waals surface area contributed by atoms with Crippen LogP contribution in [0.15, 0.2) is 42.2 Å². The van der Waals surface area contributed by atoms with Gasteiger partial charge in [0.25, 0.3) is 0 Å². The molecule has 1 saturated heterocycles. The van der Waals surface area contributed by atoms with Crippen LogP contribution in [0.5, 0.6) is 0 Å². The molecular weight excluding hydrogens is 342 g/mol. The van der Waals surface area contributed by atoms with Crippen LogP contribution in [0.1, 0.15) is 57.2 Å². The topological polar surface area (TPSA) is 68.4 Å². The highest BCUT2D eigenvalue weighted by Gasteiger charge is 2.38. The van der Waals surface area contributed by atoms with Crippen LogP contribution in [-0.2, 0) is 14.3 Å². The predicted molar refractivity (Wildman–Crippen MR) is 104 cm³/mol. The van der Waals surface area contributed by atoms with Crippen LogP contribution in [0.2, 0.25) is 0 Å². The number of nitrogens with one attached hydrogen (secondary N) is 1. The molecule has 3 rings (SSSR count). The lowest BCUT2D eigenvalue weighted by molar-refractivity contribution is -0.142. The molecule has 0 radical (unpaired) electrons. The Morgan fingerprint density at radius 1 is 1.22 bits per heavy atom. The van der Waals surface area contributed by atoms with Crippen LogP contribution in [0.25, 0.3) is 17.2 Å². The van der Waals surface area contributed by atoms with Crippen molar-refractivity contribution < 1.29 is 19.1 Å². The SMILES string of the molecule is CC(C)(C)OC(=O)c1cc(-c2ccccc2)c(/C=C2\CC(C)(C)C(=O)O2)[nH]1. The molecule has 0 amide bonds. The van der Waals surface area contributed by atoms with Crippen LogP contribution in [0, 0.1) is 5.41 Å². The first-order valence-electron chi connectivity index (χ1n) is 9.00. The van der Waals surface area contributed by atoms with Gasteiger partial charge in [0.05, 0.1) is 11.1 Å². The zero-order chi connectivity index (χ0) is 19.8. The van der Waals surface area contributed by atoms with Crippen molar-refractivity contribution in [2.75, 3.05) is 0 Å². The summed E-state index contributed by atoms with van der Waals surface area (Å²) in [6.07, 6.45) is 2.31. The Balaban J connectivity index is 2.02. The van der Waals surface area contributed by atoms with Gasteiger partial charge in [0, 0.05) is 18.1 Å². The van der Waals surface area contributed by atoms with Crippen molar-refractivity contribution in [3.05, 3.63) is 53.5 Å². The van der Waals surface area contributed by atoms with E-state index in [9.17, 15) is 9.59 Å². The van der Waals surface area contributed by atoms with Gasteiger partial charge in [-0.25, -0.2) is 4.79 Å². The Hall–Kier alpha value is -2.82. The molecule has 27 heavy (non-hydrogen) atoms. The second-order valence-electron chi connectivity index (χ2n) is 8.44. The van der Waals surface area contributed by atoms with E-state index < -0.39 is 17.0 Å². The lowest BCUT2D eigenvalue weighted by Gasteiger charge is -2.18. The first kappa shape index (κ1) is 19.0. The zero-order valence-electron chi connectivity index (χ0n) is 16.4. The maximum Gasteiger partial charge on any atom is 0.355 e. The van der Waals surface area contributed by atoms with E-state index in [1.54, 1.807) is 12.1 Å². The lowest BCUT2D eigenvalue weighted by atomic mass is 9.91. The summed E-state index contributed by atoms with van der Waals surface area (Å²) in [6.45, 7) is 9.20. The van der Waals surface area contributed by atoms with Gasteiger partial charge in [-0.3, -0.25) is 4.79 Å². The Bertz CT molecular complexity index is 898. The Labute approximate surface area is 159 Å². The van der Waals surface area contributed by atoms with E-state index in [4.69, 9.17) is 9.47 Å². The average Bonchev–Trinajstić information content (AvgIpc) is 3.08. The fourth-order valence-corrected chi connectivity index (χ4v) is 2.93. The number of aromatic nitrogens is 1. The third-order valence-electron chi connectivity index (χ3n) is 4.25. The smallest absolute Gasteiger partial charge is 0.355 e. The van der Waals surface area contributed by atoms with Gasteiger partial charge in [-0.1, -0.05) is 30.3 Å². The summed E-state index contributed by atoms with van der Waals surface area (Å²) in [5.74, 6) is -0.0817. The molecule has 5 nitrogen and oxygen atoms in total. The van der Waals surface area contributed by atoms with Crippen LogP contribution < -0.4 is 0 Å². The van der Waals surface area contributed by atoms with E-state index in [1.807, 2.05) is 65.0 Å². The molecule has 0 atom stereocenters. The molecule has 142 valence electrons. The molecule has 1 fully saturated rings. The number of esters is 2. The van der Waals surface area contributed by atoms with Crippen molar-refractivity contribution in [2.24, 2.45) is 5.41 Å². The monoisotopic (exact) mass is 367 g/mol. The van der Waals surface area contributed by atoms with Gasteiger partial charge in [-0.2, -0.15) is 0 Å². The maximum atomic E-state index is 12.5. The summed E-state index contributed by atoms with van der Waals surface area (Å²) in [7, 11) is 0. The fourth-order valence-electron chi connectivity index (χ4n) is 2.93. The van der Waals surface area contributed by atoms with E-state index in [-0.39, 0.29) is 5.97 Å². The molecule has 0 saturated carbocycles. The minimum Gasteiger partial charge on any atom is -0.455 e. The van der Waals surface area contributed by atoms with Crippen molar-refractivity contribution in [1.29, 1.82) is 0 Å². The number of ether oxygens (including phenoxy) is 2. The third-order valence-corrected chi connectivity index (χ3v) is 4.25. The number of rotatable bonds is 3. The largest absolute Gasteiger partial charge is 0.455 e. The number of hydrogen-bond donors (Lipinski definition) is 1. The first-order valence-corrected chi connectivity index (χ1v) is 9.00. The Kier molecular flexibility index (Phi) is 4.72. The molecule has 2 aromatic rings. The van der Waals surface area contributed by atoms with Crippen molar-refractivity contribution in [1.82, 2.24) is 4.98 Å². The molecule has 0 unspecified atom stereocenters.